The summed E-state index contributed by atoms with van der Waals surface area (Å²) in [5.41, 5.74) is 0. The second-order valence-corrected chi connectivity index (χ2v) is 6.90. The minimum atomic E-state index is -3.30. The quantitative estimate of drug-likeness (QED) is 0.691. The van der Waals surface area contributed by atoms with E-state index in [4.69, 9.17) is 10.7 Å². The molecule has 0 N–H and O–H groups in total. The van der Waals surface area contributed by atoms with Crippen LogP contribution < -0.4 is 0 Å². The molecule has 1 rings (SSSR count). The van der Waals surface area contributed by atoms with E-state index in [1.165, 1.54) is 32.1 Å². The summed E-state index contributed by atoms with van der Waals surface area (Å²) in [5, 5.41) is 0. The van der Waals surface area contributed by atoms with Crippen LogP contribution in [0.25, 0.3) is 0 Å². The predicted molar refractivity (Wildman–Crippen MR) is 55.4 cm³/mol. The van der Waals surface area contributed by atoms with E-state index in [0.29, 0.717) is 5.92 Å². The van der Waals surface area contributed by atoms with Crippen molar-refractivity contribution >= 4 is 19.7 Å². The summed E-state index contributed by atoms with van der Waals surface area (Å²) in [5.74, 6) is 0.934. The molecule has 0 bridgehead atoms. The van der Waals surface area contributed by atoms with Crippen LogP contribution >= 0.6 is 10.7 Å². The normalized spacial score (nSPS) is 22.9. The van der Waals surface area contributed by atoms with Gasteiger partial charge in [0, 0.05) is 10.7 Å². The van der Waals surface area contributed by atoms with Crippen LogP contribution in [0, 0.1) is 11.8 Å². The Morgan fingerprint density at radius 3 is 2.31 bits per heavy atom. The van der Waals surface area contributed by atoms with Gasteiger partial charge in [-0.2, -0.15) is 0 Å². The molecular formula is C9H17ClO2S. The number of hydrogen-bond donors (Lipinski definition) is 0. The van der Waals surface area contributed by atoms with E-state index in [1.54, 1.807) is 0 Å². The molecule has 1 atom stereocenters. The second kappa shape index (κ2) is 4.65. The number of halogens is 1. The zero-order chi connectivity index (χ0) is 9.90. The minimum absolute atomic E-state index is 0.138. The van der Waals surface area contributed by atoms with Gasteiger partial charge in [-0.3, -0.25) is 0 Å². The molecule has 0 aromatic heterocycles. The summed E-state index contributed by atoms with van der Waals surface area (Å²) in [6, 6.07) is 0. The molecular weight excluding hydrogens is 208 g/mol. The summed E-state index contributed by atoms with van der Waals surface area (Å²) in [4.78, 5) is 0. The molecule has 1 aliphatic rings. The van der Waals surface area contributed by atoms with Crippen LogP contribution in [0.2, 0.25) is 0 Å². The first-order valence-corrected chi connectivity index (χ1v) is 7.39. The van der Waals surface area contributed by atoms with Gasteiger partial charge in [0.15, 0.2) is 0 Å². The highest BCUT2D eigenvalue weighted by atomic mass is 35.7. The Morgan fingerprint density at radius 1 is 1.31 bits per heavy atom. The molecule has 0 amide bonds. The van der Waals surface area contributed by atoms with E-state index in [2.05, 4.69) is 0 Å². The van der Waals surface area contributed by atoms with Crippen LogP contribution in [0.15, 0.2) is 0 Å². The second-order valence-electron chi connectivity index (χ2n) is 4.08. The molecule has 1 fully saturated rings. The minimum Gasteiger partial charge on any atom is -0.212 e. The van der Waals surface area contributed by atoms with Crippen molar-refractivity contribution in [2.45, 2.75) is 39.0 Å². The van der Waals surface area contributed by atoms with Gasteiger partial charge < -0.3 is 0 Å². The molecule has 0 radical (unpaired) electrons. The van der Waals surface area contributed by atoms with Crippen molar-refractivity contribution in [2.75, 3.05) is 5.75 Å². The lowest BCUT2D eigenvalue weighted by Crippen LogP contribution is -2.21. The van der Waals surface area contributed by atoms with Crippen molar-refractivity contribution in [3.8, 4) is 0 Å². The summed E-state index contributed by atoms with van der Waals surface area (Å²) >= 11 is 0. The third kappa shape index (κ3) is 4.32. The van der Waals surface area contributed by atoms with Crippen molar-refractivity contribution in [1.82, 2.24) is 0 Å². The van der Waals surface area contributed by atoms with Crippen LogP contribution in [0.1, 0.15) is 39.0 Å². The van der Waals surface area contributed by atoms with Crippen LogP contribution in [-0.4, -0.2) is 14.2 Å². The lowest BCUT2D eigenvalue weighted by atomic mass is 9.82. The first-order chi connectivity index (χ1) is 5.99. The van der Waals surface area contributed by atoms with Crippen molar-refractivity contribution in [2.24, 2.45) is 11.8 Å². The fourth-order valence-corrected chi connectivity index (χ4v) is 3.65. The molecule has 1 saturated carbocycles. The number of rotatable bonds is 3. The van der Waals surface area contributed by atoms with E-state index in [-0.39, 0.29) is 11.7 Å². The van der Waals surface area contributed by atoms with Gasteiger partial charge in [-0.05, 0) is 11.8 Å². The third-order valence-electron chi connectivity index (χ3n) is 2.92. The topological polar surface area (TPSA) is 34.1 Å². The predicted octanol–water partition coefficient (Wildman–Crippen LogP) is 2.77. The van der Waals surface area contributed by atoms with E-state index in [9.17, 15) is 8.42 Å². The van der Waals surface area contributed by atoms with E-state index >= 15 is 0 Å². The Kier molecular flexibility index (Phi) is 4.05. The fourth-order valence-electron chi connectivity index (χ4n) is 2.15. The Hall–Kier alpha value is 0.240. The van der Waals surface area contributed by atoms with Crippen molar-refractivity contribution < 1.29 is 8.42 Å². The molecule has 2 nitrogen and oxygen atoms in total. The summed E-state index contributed by atoms with van der Waals surface area (Å²) in [6.45, 7) is 2.00. The first kappa shape index (κ1) is 11.3. The van der Waals surface area contributed by atoms with Gasteiger partial charge in [0.1, 0.15) is 0 Å². The van der Waals surface area contributed by atoms with Crippen LogP contribution in [0.5, 0.6) is 0 Å². The standard InChI is InChI=1S/C9H17ClO2S/c1-8(7-13(10,11)12)9-5-3-2-4-6-9/h8-9H,2-7H2,1H3. The van der Waals surface area contributed by atoms with E-state index in [0.717, 1.165) is 0 Å². The van der Waals surface area contributed by atoms with E-state index < -0.39 is 9.05 Å². The van der Waals surface area contributed by atoms with Crippen molar-refractivity contribution in [3.63, 3.8) is 0 Å². The molecule has 13 heavy (non-hydrogen) atoms. The Labute approximate surface area is 85.1 Å². The van der Waals surface area contributed by atoms with Gasteiger partial charge >= 0.3 is 0 Å². The molecule has 1 unspecified atom stereocenters. The monoisotopic (exact) mass is 224 g/mol. The maximum atomic E-state index is 10.8. The van der Waals surface area contributed by atoms with Gasteiger partial charge in [-0.25, -0.2) is 8.42 Å². The first-order valence-electron chi connectivity index (χ1n) is 4.91. The Balaban J connectivity index is 2.42. The highest BCUT2D eigenvalue weighted by Crippen LogP contribution is 2.30. The van der Waals surface area contributed by atoms with Crippen molar-refractivity contribution in [3.05, 3.63) is 0 Å². The Bertz CT molecular complexity index is 242. The fraction of sp³-hybridized carbons (Fsp3) is 1.00. The maximum Gasteiger partial charge on any atom is 0.232 e. The van der Waals surface area contributed by atoms with Crippen LogP contribution in [0.4, 0.5) is 0 Å². The molecule has 0 spiro atoms. The average Bonchev–Trinajstić information content (AvgIpc) is 2.03. The molecule has 0 saturated heterocycles. The zero-order valence-corrected chi connectivity index (χ0v) is 9.57. The van der Waals surface area contributed by atoms with Gasteiger partial charge in [0.2, 0.25) is 9.05 Å². The number of hydrogen-bond acceptors (Lipinski definition) is 2. The molecule has 4 heteroatoms. The molecule has 0 aliphatic heterocycles. The zero-order valence-electron chi connectivity index (χ0n) is 8.00. The van der Waals surface area contributed by atoms with E-state index in [1.807, 2.05) is 6.92 Å². The van der Waals surface area contributed by atoms with Crippen molar-refractivity contribution in [1.29, 1.82) is 0 Å². The van der Waals surface area contributed by atoms with Crippen LogP contribution in [-0.2, 0) is 9.05 Å². The van der Waals surface area contributed by atoms with Gasteiger partial charge in [0.05, 0.1) is 5.75 Å². The average molecular weight is 225 g/mol. The molecule has 1 aliphatic carbocycles. The molecule has 0 heterocycles. The maximum absolute atomic E-state index is 10.8. The van der Waals surface area contributed by atoms with Gasteiger partial charge in [0.25, 0.3) is 0 Å². The van der Waals surface area contributed by atoms with Gasteiger partial charge in [-0.15, -0.1) is 0 Å². The highest BCUT2D eigenvalue weighted by Gasteiger charge is 2.23. The van der Waals surface area contributed by atoms with Gasteiger partial charge in [-0.1, -0.05) is 39.0 Å². The molecule has 78 valence electrons. The smallest absolute Gasteiger partial charge is 0.212 e. The summed E-state index contributed by atoms with van der Waals surface area (Å²) in [7, 11) is 1.92. The highest BCUT2D eigenvalue weighted by molar-refractivity contribution is 8.13. The SMILES string of the molecule is CC(CS(=O)(=O)Cl)C1CCCCC1. The Morgan fingerprint density at radius 2 is 1.85 bits per heavy atom. The summed E-state index contributed by atoms with van der Waals surface area (Å²) < 4.78 is 21.7. The molecule has 0 aromatic rings. The largest absolute Gasteiger partial charge is 0.232 e. The van der Waals surface area contributed by atoms with Crippen LogP contribution in [0.3, 0.4) is 0 Å². The summed E-state index contributed by atoms with van der Waals surface area (Å²) in [6.07, 6.45) is 6.15. The lowest BCUT2D eigenvalue weighted by Gasteiger charge is -2.26. The molecule has 0 aromatic carbocycles. The third-order valence-corrected chi connectivity index (χ3v) is 4.22. The lowest BCUT2D eigenvalue weighted by molar-refractivity contribution is 0.281.